The summed E-state index contributed by atoms with van der Waals surface area (Å²) in [5, 5.41) is 3.14. The quantitative estimate of drug-likeness (QED) is 0.605. The number of hydrogen-bond acceptors (Lipinski definition) is 4. The highest BCUT2D eigenvalue weighted by Gasteiger charge is 2.03. The van der Waals surface area contributed by atoms with E-state index in [-0.39, 0.29) is 5.75 Å². The lowest BCUT2D eigenvalue weighted by atomic mass is 10.2. The van der Waals surface area contributed by atoms with Crippen LogP contribution in [-0.4, -0.2) is 27.0 Å². The first-order valence-electron chi connectivity index (χ1n) is 5.17. The van der Waals surface area contributed by atoms with Crippen LogP contribution in [0.25, 0.3) is 0 Å². The molecule has 90 valence electrons. The van der Waals surface area contributed by atoms with Crippen LogP contribution >= 0.6 is 0 Å². The maximum atomic E-state index is 10.9. The van der Waals surface area contributed by atoms with E-state index in [2.05, 4.69) is 5.32 Å². The topological polar surface area (TPSA) is 72.2 Å². The van der Waals surface area contributed by atoms with Crippen LogP contribution in [0.15, 0.2) is 18.2 Å². The minimum atomic E-state index is -2.87. The second-order valence-electron chi connectivity index (χ2n) is 3.95. The van der Waals surface area contributed by atoms with Gasteiger partial charge in [-0.05, 0) is 25.0 Å². The molecule has 1 aromatic rings. The van der Waals surface area contributed by atoms with Crippen LogP contribution in [0.4, 0.5) is 11.4 Å². The summed E-state index contributed by atoms with van der Waals surface area (Å²) in [6.45, 7) is 2.55. The van der Waals surface area contributed by atoms with Crippen molar-refractivity contribution >= 4 is 21.2 Å². The van der Waals surface area contributed by atoms with E-state index in [0.29, 0.717) is 13.0 Å². The number of sulfone groups is 1. The van der Waals surface area contributed by atoms with Crippen molar-refractivity contribution in [1.29, 1.82) is 0 Å². The minimum Gasteiger partial charge on any atom is -0.397 e. The van der Waals surface area contributed by atoms with Gasteiger partial charge >= 0.3 is 0 Å². The molecule has 0 aliphatic carbocycles. The molecule has 0 atom stereocenters. The van der Waals surface area contributed by atoms with E-state index in [1.54, 1.807) is 0 Å². The Labute approximate surface area is 96.8 Å². The molecule has 0 heterocycles. The van der Waals surface area contributed by atoms with Gasteiger partial charge in [0.2, 0.25) is 0 Å². The van der Waals surface area contributed by atoms with E-state index in [1.807, 2.05) is 25.1 Å². The van der Waals surface area contributed by atoms with Gasteiger partial charge in [-0.3, -0.25) is 0 Å². The van der Waals surface area contributed by atoms with Gasteiger partial charge in [0.1, 0.15) is 9.84 Å². The lowest BCUT2D eigenvalue weighted by molar-refractivity contribution is 0.600. The Balaban J connectivity index is 2.47. The highest BCUT2D eigenvalue weighted by molar-refractivity contribution is 7.90. The molecule has 0 saturated heterocycles. The Kier molecular flexibility index (Phi) is 4.18. The summed E-state index contributed by atoms with van der Waals surface area (Å²) in [4.78, 5) is 0. The summed E-state index contributed by atoms with van der Waals surface area (Å²) in [5.74, 6) is 0.200. The fourth-order valence-electron chi connectivity index (χ4n) is 1.39. The van der Waals surface area contributed by atoms with Gasteiger partial charge in [-0.15, -0.1) is 0 Å². The van der Waals surface area contributed by atoms with Crippen molar-refractivity contribution in [2.75, 3.05) is 29.6 Å². The Hall–Kier alpha value is -1.23. The summed E-state index contributed by atoms with van der Waals surface area (Å²) >= 11 is 0. The summed E-state index contributed by atoms with van der Waals surface area (Å²) in [7, 11) is -2.87. The van der Waals surface area contributed by atoms with Crippen molar-refractivity contribution in [3.05, 3.63) is 23.8 Å². The largest absolute Gasteiger partial charge is 0.397 e. The molecule has 0 aromatic heterocycles. The average Bonchev–Trinajstić information content (AvgIpc) is 2.17. The third-order valence-corrected chi connectivity index (χ3v) is 3.36. The zero-order valence-electron chi connectivity index (χ0n) is 9.66. The summed E-state index contributed by atoms with van der Waals surface area (Å²) in [6, 6.07) is 5.75. The second kappa shape index (κ2) is 5.21. The van der Waals surface area contributed by atoms with Crippen LogP contribution in [0.3, 0.4) is 0 Å². The predicted molar refractivity (Wildman–Crippen MR) is 68.4 cm³/mol. The van der Waals surface area contributed by atoms with Crippen LogP contribution in [0, 0.1) is 6.92 Å². The molecule has 0 unspecified atom stereocenters. The number of nitrogen functional groups attached to an aromatic ring is 1. The molecule has 0 fully saturated rings. The second-order valence-corrected chi connectivity index (χ2v) is 6.21. The normalized spacial score (nSPS) is 11.4. The van der Waals surface area contributed by atoms with E-state index in [9.17, 15) is 8.42 Å². The van der Waals surface area contributed by atoms with Gasteiger partial charge in [0.05, 0.1) is 17.1 Å². The Morgan fingerprint density at radius 2 is 2.06 bits per heavy atom. The fraction of sp³-hybridized carbons (Fsp3) is 0.455. The molecule has 3 N–H and O–H groups in total. The van der Waals surface area contributed by atoms with E-state index >= 15 is 0 Å². The lowest BCUT2D eigenvalue weighted by Gasteiger charge is -2.10. The number of hydrogen-bond donors (Lipinski definition) is 2. The molecule has 0 amide bonds. The number of para-hydroxylation sites is 1. The van der Waals surface area contributed by atoms with Crippen molar-refractivity contribution < 1.29 is 8.42 Å². The standard InChI is InChI=1S/C11H18N2O2S/c1-9-5-3-6-10(11(9)12)13-7-4-8-16(2,14)15/h3,5-6,13H,4,7-8,12H2,1-2H3. The number of nitrogens with two attached hydrogens (primary N) is 1. The molecule has 0 spiro atoms. The minimum absolute atomic E-state index is 0.200. The van der Waals surface area contributed by atoms with Crippen LogP contribution in [0.5, 0.6) is 0 Å². The third-order valence-electron chi connectivity index (χ3n) is 2.33. The molecule has 0 saturated carbocycles. The molecular formula is C11H18N2O2S. The monoisotopic (exact) mass is 242 g/mol. The number of nitrogens with one attached hydrogen (secondary N) is 1. The van der Waals surface area contributed by atoms with E-state index < -0.39 is 9.84 Å². The van der Waals surface area contributed by atoms with Gasteiger partial charge in [-0.25, -0.2) is 8.42 Å². The van der Waals surface area contributed by atoms with Crippen molar-refractivity contribution in [2.24, 2.45) is 0 Å². The van der Waals surface area contributed by atoms with Crippen LogP contribution in [0.2, 0.25) is 0 Å². The van der Waals surface area contributed by atoms with Crippen LogP contribution < -0.4 is 11.1 Å². The number of anilines is 2. The van der Waals surface area contributed by atoms with Gasteiger partial charge in [-0.1, -0.05) is 12.1 Å². The van der Waals surface area contributed by atoms with Crippen LogP contribution in [-0.2, 0) is 9.84 Å². The van der Waals surface area contributed by atoms with Gasteiger partial charge in [0.15, 0.2) is 0 Å². The van der Waals surface area contributed by atoms with Crippen molar-refractivity contribution in [2.45, 2.75) is 13.3 Å². The highest BCUT2D eigenvalue weighted by atomic mass is 32.2. The fourth-order valence-corrected chi connectivity index (χ4v) is 2.06. The van der Waals surface area contributed by atoms with Gasteiger partial charge in [-0.2, -0.15) is 0 Å². The van der Waals surface area contributed by atoms with Crippen molar-refractivity contribution in [3.63, 3.8) is 0 Å². The Morgan fingerprint density at radius 3 is 2.69 bits per heavy atom. The number of benzene rings is 1. The molecular weight excluding hydrogens is 224 g/mol. The highest BCUT2D eigenvalue weighted by Crippen LogP contribution is 2.21. The summed E-state index contributed by atoms with van der Waals surface area (Å²) in [6.07, 6.45) is 1.83. The Bertz CT molecular complexity index is 455. The van der Waals surface area contributed by atoms with Crippen molar-refractivity contribution in [3.8, 4) is 0 Å². The Morgan fingerprint density at radius 1 is 1.38 bits per heavy atom. The summed E-state index contributed by atoms with van der Waals surface area (Å²) < 4.78 is 21.8. The zero-order chi connectivity index (χ0) is 12.2. The lowest BCUT2D eigenvalue weighted by Crippen LogP contribution is -2.10. The summed E-state index contributed by atoms with van der Waals surface area (Å²) in [5.41, 5.74) is 8.48. The number of aryl methyl sites for hydroxylation is 1. The van der Waals surface area contributed by atoms with Gasteiger partial charge in [0, 0.05) is 12.8 Å². The maximum absolute atomic E-state index is 10.9. The third kappa shape index (κ3) is 4.10. The molecule has 16 heavy (non-hydrogen) atoms. The van der Waals surface area contributed by atoms with E-state index in [0.717, 1.165) is 16.9 Å². The number of rotatable bonds is 5. The molecule has 0 radical (unpaired) electrons. The predicted octanol–water partition coefficient (Wildman–Crippen LogP) is 1.42. The molecule has 5 heteroatoms. The average molecular weight is 242 g/mol. The van der Waals surface area contributed by atoms with Crippen LogP contribution in [0.1, 0.15) is 12.0 Å². The van der Waals surface area contributed by atoms with Gasteiger partial charge < -0.3 is 11.1 Å². The molecule has 0 bridgehead atoms. The first-order chi connectivity index (χ1) is 7.40. The van der Waals surface area contributed by atoms with Gasteiger partial charge in [0.25, 0.3) is 0 Å². The molecule has 4 nitrogen and oxygen atoms in total. The first kappa shape index (κ1) is 12.8. The molecule has 1 rings (SSSR count). The first-order valence-corrected chi connectivity index (χ1v) is 7.23. The zero-order valence-corrected chi connectivity index (χ0v) is 10.5. The SMILES string of the molecule is Cc1cccc(NCCCS(C)(=O)=O)c1N. The van der Waals surface area contributed by atoms with E-state index in [1.165, 1.54) is 6.26 Å². The smallest absolute Gasteiger partial charge is 0.147 e. The van der Waals surface area contributed by atoms with Crippen molar-refractivity contribution in [1.82, 2.24) is 0 Å². The van der Waals surface area contributed by atoms with E-state index in [4.69, 9.17) is 5.73 Å². The molecule has 1 aromatic carbocycles. The molecule has 0 aliphatic heterocycles. The molecule has 0 aliphatic rings. The maximum Gasteiger partial charge on any atom is 0.147 e.